The summed E-state index contributed by atoms with van der Waals surface area (Å²) in [7, 11) is -4.48. The summed E-state index contributed by atoms with van der Waals surface area (Å²) >= 11 is 0. The van der Waals surface area contributed by atoms with Gasteiger partial charge in [-0.3, -0.25) is 13.9 Å². The first kappa shape index (κ1) is 31.7. The van der Waals surface area contributed by atoms with Gasteiger partial charge in [0, 0.05) is 13.1 Å². The number of carbonyl (C=O) groups excluding carboxylic acids is 2. The van der Waals surface area contributed by atoms with Crippen molar-refractivity contribution in [3.05, 3.63) is 95.6 Å². The summed E-state index contributed by atoms with van der Waals surface area (Å²) in [5.74, 6) is -1.03. The summed E-state index contributed by atoms with van der Waals surface area (Å²) in [6.45, 7) is 6.75. The lowest BCUT2D eigenvalue weighted by Gasteiger charge is -2.32. The molecule has 1 atom stereocenters. The number of aryl methyl sites for hydroxylation is 1. The van der Waals surface area contributed by atoms with Crippen LogP contribution in [0.2, 0.25) is 0 Å². The predicted molar refractivity (Wildman–Crippen MR) is 151 cm³/mol. The number of halogens is 3. The molecule has 0 saturated carbocycles. The number of benzene rings is 3. The Balaban J connectivity index is 2.07. The molecule has 0 radical (unpaired) electrons. The van der Waals surface area contributed by atoms with Gasteiger partial charge in [0.1, 0.15) is 12.6 Å². The summed E-state index contributed by atoms with van der Waals surface area (Å²) in [5.41, 5.74) is 0.200. The Bertz CT molecular complexity index is 1460. The molecule has 1 N–H and O–H groups in total. The van der Waals surface area contributed by atoms with E-state index in [1.807, 2.05) is 32.9 Å². The molecule has 0 spiro atoms. The molecule has 3 aromatic carbocycles. The Labute approximate surface area is 239 Å². The molecule has 41 heavy (non-hydrogen) atoms. The number of hydrogen-bond acceptors (Lipinski definition) is 4. The molecule has 3 rings (SSSR count). The number of anilines is 1. The van der Waals surface area contributed by atoms with Gasteiger partial charge in [0.15, 0.2) is 0 Å². The summed E-state index contributed by atoms with van der Waals surface area (Å²) < 4.78 is 68.8. The van der Waals surface area contributed by atoms with Crippen LogP contribution in [-0.4, -0.2) is 44.3 Å². The third kappa shape index (κ3) is 8.09. The number of alkyl halides is 3. The average Bonchev–Trinajstić information content (AvgIpc) is 2.93. The van der Waals surface area contributed by atoms with Crippen LogP contribution in [0.5, 0.6) is 0 Å². The van der Waals surface area contributed by atoms with Crippen molar-refractivity contribution in [1.29, 1.82) is 0 Å². The van der Waals surface area contributed by atoms with Crippen LogP contribution in [0.15, 0.2) is 83.8 Å². The normalized spacial score (nSPS) is 12.6. The van der Waals surface area contributed by atoms with Gasteiger partial charge in [0.05, 0.1) is 16.1 Å². The summed E-state index contributed by atoms with van der Waals surface area (Å²) in [6.07, 6.45) is -4.73. The minimum atomic E-state index is -4.73. The van der Waals surface area contributed by atoms with E-state index in [0.29, 0.717) is 16.9 Å². The number of nitrogens with one attached hydrogen (secondary N) is 1. The van der Waals surface area contributed by atoms with E-state index in [1.54, 1.807) is 18.2 Å². The fourth-order valence-electron chi connectivity index (χ4n) is 4.09. The number of nitrogens with zero attached hydrogens (tertiary/aromatic N) is 2. The second kappa shape index (κ2) is 13.2. The van der Waals surface area contributed by atoms with Gasteiger partial charge in [-0.1, -0.05) is 62.4 Å². The molecule has 7 nitrogen and oxygen atoms in total. The van der Waals surface area contributed by atoms with Crippen LogP contribution in [0, 0.1) is 12.8 Å². The molecule has 2 amide bonds. The van der Waals surface area contributed by atoms with E-state index in [1.165, 1.54) is 42.2 Å². The number of amides is 2. The van der Waals surface area contributed by atoms with Crippen molar-refractivity contribution >= 4 is 27.5 Å². The minimum absolute atomic E-state index is 0.0103. The van der Waals surface area contributed by atoms with Crippen LogP contribution in [0.1, 0.15) is 37.5 Å². The highest BCUT2D eigenvalue weighted by Gasteiger charge is 2.35. The summed E-state index contributed by atoms with van der Waals surface area (Å²) in [5, 5.41) is 2.79. The van der Waals surface area contributed by atoms with Crippen molar-refractivity contribution in [2.75, 3.05) is 17.4 Å². The second-order valence-corrected chi connectivity index (χ2v) is 12.0. The Kier molecular flexibility index (Phi) is 10.2. The lowest BCUT2D eigenvalue weighted by Crippen LogP contribution is -2.51. The number of sulfonamides is 1. The maximum absolute atomic E-state index is 13.9. The molecule has 0 aromatic heterocycles. The third-order valence-electron chi connectivity index (χ3n) is 6.53. The van der Waals surface area contributed by atoms with Crippen LogP contribution in [0.4, 0.5) is 18.9 Å². The largest absolute Gasteiger partial charge is 0.416 e. The Morgan fingerprint density at radius 1 is 0.902 bits per heavy atom. The van der Waals surface area contributed by atoms with Gasteiger partial charge in [-0.2, -0.15) is 13.2 Å². The van der Waals surface area contributed by atoms with Crippen LogP contribution in [0.3, 0.4) is 0 Å². The zero-order chi connectivity index (χ0) is 30.4. The van der Waals surface area contributed by atoms with E-state index in [2.05, 4.69) is 5.32 Å². The average molecular weight is 590 g/mol. The topological polar surface area (TPSA) is 86.8 Å². The maximum Gasteiger partial charge on any atom is 0.416 e. The Morgan fingerprint density at radius 3 is 2.15 bits per heavy atom. The molecule has 3 aromatic rings. The lowest BCUT2D eigenvalue weighted by atomic mass is 10.1. The number of carbonyl (C=O) groups is 2. The van der Waals surface area contributed by atoms with E-state index in [9.17, 15) is 31.2 Å². The molecule has 11 heteroatoms. The second-order valence-electron chi connectivity index (χ2n) is 10.1. The Morgan fingerprint density at radius 2 is 1.54 bits per heavy atom. The molecule has 220 valence electrons. The van der Waals surface area contributed by atoms with Crippen molar-refractivity contribution in [3.63, 3.8) is 0 Å². The van der Waals surface area contributed by atoms with Gasteiger partial charge >= 0.3 is 6.18 Å². The van der Waals surface area contributed by atoms with E-state index < -0.39 is 46.2 Å². The molecule has 0 aliphatic carbocycles. The first-order valence-corrected chi connectivity index (χ1v) is 14.5. The van der Waals surface area contributed by atoms with Gasteiger partial charge < -0.3 is 10.2 Å². The first-order valence-electron chi connectivity index (χ1n) is 13.1. The molecular formula is C30H34F3N3O4S. The highest BCUT2D eigenvalue weighted by Crippen LogP contribution is 2.33. The highest BCUT2D eigenvalue weighted by molar-refractivity contribution is 7.92. The van der Waals surface area contributed by atoms with Crippen molar-refractivity contribution < 1.29 is 31.2 Å². The SMILES string of the molecule is Cc1ccccc1CN(C(=O)CN(c1cccc(C(F)(F)F)c1)S(=O)(=O)c1ccccc1)C(C)C(=O)NCC(C)C. The lowest BCUT2D eigenvalue weighted by molar-refractivity contribution is -0.139. The van der Waals surface area contributed by atoms with Crippen LogP contribution >= 0.6 is 0 Å². The molecule has 0 fully saturated rings. The number of hydrogen-bond donors (Lipinski definition) is 1. The zero-order valence-electron chi connectivity index (χ0n) is 23.4. The molecule has 0 bridgehead atoms. The number of rotatable bonds is 11. The van der Waals surface area contributed by atoms with Gasteiger partial charge in [0.2, 0.25) is 11.8 Å². The highest BCUT2D eigenvalue weighted by atomic mass is 32.2. The molecular weight excluding hydrogens is 555 g/mol. The first-order chi connectivity index (χ1) is 19.2. The predicted octanol–water partition coefficient (Wildman–Crippen LogP) is 5.40. The summed E-state index contributed by atoms with van der Waals surface area (Å²) in [6, 6.07) is 17.2. The van der Waals surface area contributed by atoms with Gasteiger partial charge in [-0.25, -0.2) is 8.42 Å². The third-order valence-corrected chi connectivity index (χ3v) is 8.31. The van der Waals surface area contributed by atoms with Crippen LogP contribution < -0.4 is 9.62 Å². The van der Waals surface area contributed by atoms with Crippen molar-refractivity contribution in [2.24, 2.45) is 5.92 Å². The summed E-state index contributed by atoms with van der Waals surface area (Å²) in [4.78, 5) is 28.0. The molecule has 0 aliphatic heterocycles. The maximum atomic E-state index is 13.9. The minimum Gasteiger partial charge on any atom is -0.354 e. The fraction of sp³-hybridized carbons (Fsp3) is 0.333. The van der Waals surface area contributed by atoms with Gasteiger partial charge in [0.25, 0.3) is 10.0 Å². The van der Waals surface area contributed by atoms with E-state index in [4.69, 9.17) is 0 Å². The van der Waals surface area contributed by atoms with E-state index in [-0.39, 0.29) is 23.0 Å². The van der Waals surface area contributed by atoms with Gasteiger partial charge in [-0.15, -0.1) is 0 Å². The van der Waals surface area contributed by atoms with Crippen molar-refractivity contribution in [3.8, 4) is 0 Å². The smallest absolute Gasteiger partial charge is 0.354 e. The van der Waals surface area contributed by atoms with Crippen LogP contribution in [-0.2, 0) is 32.3 Å². The standard InChI is InChI=1S/C30H34F3N3O4S/c1-21(2)18-34-29(38)23(4)35(19-24-12-9-8-11-22(24)3)28(37)20-36(41(39,40)27-15-6-5-7-16-27)26-14-10-13-25(17-26)30(31,32)33/h5-17,21,23H,18-20H2,1-4H3,(H,34,38). The Hall–Kier alpha value is -3.86. The molecule has 0 saturated heterocycles. The van der Waals surface area contributed by atoms with E-state index in [0.717, 1.165) is 23.3 Å². The monoisotopic (exact) mass is 589 g/mol. The van der Waals surface area contributed by atoms with Crippen molar-refractivity contribution in [1.82, 2.24) is 10.2 Å². The fourth-order valence-corrected chi connectivity index (χ4v) is 5.52. The van der Waals surface area contributed by atoms with E-state index >= 15 is 0 Å². The van der Waals surface area contributed by atoms with Gasteiger partial charge in [-0.05, 0) is 61.2 Å². The quantitative estimate of drug-likeness (QED) is 0.325. The molecule has 0 aliphatic rings. The molecule has 1 unspecified atom stereocenters. The van der Waals surface area contributed by atoms with Crippen LogP contribution in [0.25, 0.3) is 0 Å². The molecule has 0 heterocycles. The zero-order valence-corrected chi connectivity index (χ0v) is 24.2. The van der Waals surface area contributed by atoms with Crippen molar-refractivity contribution in [2.45, 2.75) is 51.4 Å².